The third kappa shape index (κ3) is 4.30. The molecule has 0 aliphatic rings. The number of thioether (sulfide) groups is 1. The zero-order valence-corrected chi connectivity index (χ0v) is 18.8. The third-order valence-electron chi connectivity index (χ3n) is 4.88. The lowest BCUT2D eigenvalue weighted by Crippen LogP contribution is -2.03. The van der Waals surface area contributed by atoms with Gasteiger partial charge in [0.05, 0.1) is 17.7 Å². The van der Waals surface area contributed by atoms with Crippen LogP contribution >= 0.6 is 23.4 Å². The van der Waals surface area contributed by atoms with Gasteiger partial charge in [0.25, 0.3) is 5.69 Å². The lowest BCUT2D eigenvalue weighted by molar-refractivity contribution is -0.384. The molecule has 0 saturated carbocycles. The molecule has 10 heteroatoms. The van der Waals surface area contributed by atoms with E-state index >= 15 is 0 Å². The van der Waals surface area contributed by atoms with E-state index < -0.39 is 4.92 Å². The fourth-order valence-electron chi connectivity index (χ4n) is 3.24. The van der Waals surface area contributed by atoms with Crippen molar-refractivity contribution < 1.29 is 9.66 Å². The van der Waals surface area contributed by atoms with Gasteiger partial charge < -0.3 is 4.74 Å². The van der Waals surface area contributed by atoms with E-state index in [0.717, 1.165) is 16.8 Å². The maximum atomic E-state index is 11.2. The van der Waals surface area contributed by atoms with Crippen molar-refractivity contribution >= 4 is 29.1 Å². The first-order valence-corrected chi connectivity index (χ1v) is 10.9. The van der Waals surface area contributed by atoms with E-state index in [1.807, 2.05) is 41.8 Å². The largest absolute Gasteiger partial charge is 0.496 e. The quantitative estimate of drug-likeness (QED) is 0.201. The van der Waals surface area contributed by atoms with E-state index in [-0.39, 0.29) is 5.69 Å². The van der Waals surface area contributed by atoms with Crippen molar-refractivity contribution in [3.63, 3.8) is 0 Å². The average Bonchev–Trinajstić information content (AvgIpc) is 3.23. The molecule has 0 radical (unpaired) electrons. The number of nitro benzene ring substituents is 1. The highest BCUT2D eigenvalue weighted by atomic mass is 35.5. The van der Waals surface area contributed by atoms with Crippen LogP contribution in [0.25, 0.3) is 17.1 Å². The van der Waals surface area contributed by atoms with Gasteiger partial charge in [-0.25, -0.2) is 0 Å². The van der Waals surface area contributed by atoms with Crippen LogP contribution in [0.3, 0.4) is 0 Å². The summed E-state index contributed by atoms with van der Waals surface area (Å²) >= 11 is 7.79. The summed E-state index contributed by atoms with van der Waals surface area (Å²) in [4.78, 5) is 14.9. The second kappa shape index (κ2) is 9.37. The van der Waals surface area contributed by atoms with Crippen LogP contribution in [0.5, 0.6) is 5.75 Å². The van der Waals surface area contributed by atoms with E-state index in [1.54, 1.807) is 18.5 Å². The third-order valence-corrected chi connectivity index (χ3v) is 6.27. The van der Waals surface area contributed by atoms with Crippen LogP contribution in [0.2, 0.25) is 5.02 Å². The van der Waals surface area contributed by atoms with Crippen molar-refractivity contribution in [2.24, 2.45) is 0 Å². The van der Waals surface area contributed by atoms with Gasteiger partial charge in [-0.15, -0.1) is 10.2 Å². The number of hydrogen-bond acceptors (Lipinski definition) is 7. The predicted octanol–water partition coefficient (Wildman–Crippen LogP) is 5.50. The van der Waals surface area contributed by atoms with E-state index in [1.165, 1.54) is 31.0 Å². The van der Waals surface area contributed by atoms with Crippen molar-refractivity contribution in [2.45, 2.75) is 17.8 Å². The topological polar surface area (TPSA) is 96.0 Å². The number of rotatable bonds is 7. The minimum Gasteiger partial charge on any atom is -0.496 e. The molecule has 0 fully saturated rings. The Morgan fingerprint density at radius 3 is 2.66 bits per heavy atom. The highest BCUT2D eigenvalue weighted by molar-refractivity contribution is 7.98. The molecule has 4 rings (SSSR count). The molecule has 2 heterocycles. The van der Waals surface area contributed by atoms with Crippen molar-refractivity contribution in [3.8, 4) is 22.8 Å². The molecule has 0 atom stereocenters. The van der Waals surface area contributed by atoms with Crippen molar-refractivity contribution in [1.29, 1.82) is 0 Å². The first kappa shape index (κ1) is 21.8. The lowest BCUT2D eigenvalue weighted by Gasteiger charge is -2.14. The molecule has 162 valence electrons. The van der Waals surface area contributed by atoms with Crippen LogP contribution < -0.4 is 4.74 Å². The predicted molar refractivity (Wildman–Crippen MR) is 124 cm³/mol. The number of aromatic nitrogens is 4. The van der Waals surface area contributed by atoms with Crippen LogP contribution in [-0.2, 0) is 5.75 Å². The zero-order valence-electron chi connectivity index (χ0n) is 17.2. The summed E-state index contributed by atoms with van der Waals surface area (Å²) in [5, 5.41) is 21.3. The van der Waals surface area contributed by atoms with Crippen LogP contribution in [0.4, 0.5) is 5.69 Å². The van der Waals surface area contributed by atoms with E-state index in [9.17, 15) is 10.1 Å². The number of pyridine rings is 1. The molecular weight excluding hydrogens is 450 g/mol. The first-order chi connectivity index (χ1) is 15.5. The van der Waals surface area contributed by atoms with Gasteiger partial charge in [-0.3, -0.25) is 19.7 Å². The fraction of sp³-hybridized carbons (Fsp3) is 0.136. The molecule has 0 N–H and O–H groups in total. The van der Waals surface area contributed by atoms with Gasteiger partial charge in [0.1, 0.15) is 5.75 Å². The molecule has 0 aliphatic carbocycles. The lowest BCUT2D eigenvalue weighted by atomic mass is 10.2. The van der Waals surface area contributed by atoms with Gasteiger partial charge in [-0.1, -0.05) is 29.4 Å². The zero-order chi connectivity index (χ0) is 22.7. The van der Waals surface area contributed by atoms with Crippen LogP contribution in [0, 0.1) is 17.0 Å². The van der Waals surface area contributed by atoms with Gasteiger partial charge in [0.15, 0.2) is 11.0 Å². The number of nitro groups is 1. The van der Waals surface area contributed by atoms with Crippen molar-refractivity contribution in [2.75, 3.05) is 7.11 Å². The summed E-state index contributed by atoms with van der Waals surface area (Å²) in [7, 11) is 1.54. The monoisotopic (exact) mass is 467 g/mol. The van der Waals surface area contributed by atoms with Crippen molar-refractivity contribution in [3.05, 3.63) is 87.2 Å². The number of methoxy groups -OCH3 is 1. The maximum Gasteiger partial charge on any atom is 0.270 e. The van der Waals surface area contributed by atoms with Gasteiger partial charge in [0.2, 0.25) is 0 Å². The molecule has 0 aliphatic heterocycles. The van der Waals surface area contributed by atoms with E-state index in [4.69, 9.17) is 16.3 Å². The molecule has 2 aromatic heterocycles. The minimum atomic E-state index is -0.424. The Balaban J connectivity index is 1.77. The number of non-ortho nitro benzene ring substituents is 1. The van der Waals surface area contributed by atoms with Crippen molar-refractivity contribution in [1.82, 2.24) is 19.7 Å². The second-order valence-electron chi connectivity index (χ2n) is 6.80. The molecular formula is C22H18ClN5O3S. The van der Waals surface area contributed by atoms with Crippen LogP contribution in [0.1, 0.15) is 11.1 Å². The maximum absolute atomic E-state index is 11.2. The van der Waals surface area contributed by atoms with Gasteiger partial charge in [0, 0.05) is 46.4 Å². The van der Waals surface area contributed by atoms with Gasteiger partial charge >= 0.3 is 0 Å². The van der Waals surface area contributed by atoms with E-state index in [2.05, 4.69) is 15.2 Å². The van der Waals surface area contributed by atoms with Gasteiger partial charge in [-0.05, 0) is 42.8 Å². The highest BCUT2D eigenvalue weighted by Gasteiger charge is 2.20. The number of ether oxygens (including phenoxy) is 1. The smallest absolute Gasteiger partial charge is 0.270 e. The van der Waals surface area contributed by atoms with E-state index in [0.29, 0.717) is 33.1 Å². The second-order valence-corrected chi connectivity index (χ2v) is 8.15. The molecule has 0 spiro atoms. The molecule has 0 amide bonds. The molecule has 0 unspecified atom stereocenters. The summed E-state index contributed by atoms with van der Waals surface area (Å²) in [6.07, 6.45) is 3.39. The Morgan fingerprint density at radius 2 is 1.94 bits per heavy atom. The number of nitrogens with zero attached hydrogens (tertiary/aromatic N) is 5. The molecule has 0 saturated heterocycles. The number of halogens is 1. The molecule has 8 nitrogen and oxygen atoms in total. The number of benzene rings is 2. The van der Waals surface area contributed by atoms with Gasteiger partial charge in [-0.2, -0.15) is 0 Å². The summed E-state index contributed by atoms with van der Waals surface area (Å²) in [5.41, 5.74) is 3.29. The fourth-order valence-corrected chi connectivity index (χ4v) is 4.33. The summed E-state index contributed by atoms with van der Waals surface area (Å²) in [6.45, 7) is 1.94. The molecule has 32 heavy (non-hydrogen) atoms. The average molecular weight is 468 g/mol. The standard InChI is InChI=1S/C22H18ClN5O3S/c1-14-18(23)4-3-5-19(14)27-21(15-8-10-24-11-9-15)25-26-22(27)32-13-16-12-17(28(29)30)6-7-20(16)31-2/h3-12H,13H2,1-2H3. The Hall–Kier alpha value is -3.43. The molecule has 2 aromatic carbocycles. The summed E-state index contributed by atoms with van der Waals surface area (Å²) in [6, 6.07) is 13.9. The highest BCUT2D eigenvalue weighted by Crippen LogP contribution is 2.35. The Labute approximate surface area is 193 Å². The molecule has 4 aromatic rings. The summed E-state index contributed by atoms with van der Waals surface area (Å²) in [5.74, 6) is 1.62. The molecule has 0 bridgehead atoms. The first-order valence-electron chi connectivity index (χ1n) is 9.55. The Kier molecular flexibility index (Phi) is 6.38. The Morgan fingerprint density at radius 1 is 1.16 bits per heavy atom. The Bertz CT molecular complexity index is 1280. The van der Waals surface area contributed by atoms with Crippen LogP contribution in [0.15, 0.2) is 66.1 Å². The SMILES string of the molecule is COc1ccc([N+](=O)[O-])cc1CSc1nnc(-c2ccncc2)n1-c1cccc(Cl)c1C. The minimum absolute atomic E-state index is 0.00558. The normalized spacial score (nSPS) is 10.8. The number of hydrogen-bond donors (Lipinski definition) is 0. The van der Waals surface area contributed by atoms with Crippen LogP contribution in [-0.4, -0.2) is 31.8 Å². The summed E-state index contributed by atoms with van der Waals surface area (Å²) < 4.78 is 7.33.